The van der Waals surface area contributed by atoms with Gasteiger partial charge >= 0.3 is 0 Å². The fraction of sp³-hybridized carbons (Fsp3) is 0.0952. The van der Waals surface area contributed by atoms with Crippen molar-refractivity contribution >= 4 is 27.3 Å². The molecule has 0 aromatic heterocycles. The van der Waals surface area contributed by atoms with E-state index in [-0.39, 0.29) is 16.5 Å². The van der Waals surface area contributed by atoms with Crippen molar-refractivity contribution in [2.24, 2.45) is 0 Å². The summed E-state index contributed by atoms with van der Waals surface area (Å²) in [7, 11) is -3.89. The van der Waals surface area contributed by atoms with Crippen molar-refractivity contribution in [3.63, 3.8) is 0 Å². The van der Waals surface area contributed by atoms with Crippen molar-refractivity contribution in [2.45, 2.75) is 18.7 Å². The lowest BCUT2D eigenvalue weighted by Gasteiger charge is -2.11. The molecule has 0 aliphatic heterocycles. The fourth-order valence-corrected chi connectivity index (χ4v) is 3.75. The van der Waals surface area contributed by atoms with Gasteiger partial charge in [-0.3, -0.25) is 9.52 Å². The Labute approximate surface area is 163 Å². The van der Waals surface area contributed by atoms with Crippen LogP contribution in [0, 0.1) is 19.7 Å². The van der Waals surface area contributed by atoms with E-state index in [4.69, 9.17) is 0 Å². The maximum absolute atomic E-state index is 13.2. The Morgan fingerprint density at radius 2 is 1.64 bits per heavy atom. The number of halogens is 1. The number of hydrogen-bond acceptors (Lipinski definition) is 3. The summed E-state index contributed by atoms with van der Waals surface area (Å²) in [5.41, 5.74) is 3.17. The molecule has 0 unspecified atom stereocenters. The third-order valence-electron chi connectivity index (χ3n) is 4.13. The highest BCUT2D eigenvalue weighted by atomic mass is 32.2. The minimum atomic E-state index is -3.89. The van der Waals surface area contributed by atoms with E-state index in [1.165, 1.54) is 42.5 Å². The number of anilines is 2. The molecule has 3 rings (SSSR count). The molecule has 0 saturated carbocycles. The largest absolute Gasteiger partial charge is 0.322 e. The zero-order chi connectivity index (χ0) is 20.3. The van der Waals surface area contributed by atoms with E-state index in [0.29, 0.717) is 11.3 Å². The Morgan fingerprint density at radius 3 is 2.29 bits per heavy atom. The number of carbonyl (C=O) groups is 1. The number of amides is 1. The van der Waals surface area contributed by atoms with Crippen molar-refractivity contribution in [1.82, 2.24) is 0 Å². The summed E-state index contributed by atoms with van der Waals surface area (Å²) in [6, 6.07) is 16.4. The molecule has 144 valence electrons. The molecule has 0 bridgehead atoms. The van der Waals surface area contributed by atoms with Gasteiger partial charge in [0.05, 0.1) is 10.6 Å². The summed E-state index contributed by atoms with van der Waals surface area (Å²) in [4.78, 5) is 12.4. The molecule has 0 aliphatic carbocycles. The predicted octanol–water partition coefficient (Wildman–Crippen LogP) is 4.50. The van der Waals surface area contributed by atoms with Gasteiger partial charge in [0, 0.05) is 11.3 Å². The Kier molecular flexibility index (Phi) is 5.46. The second-order valence-electron chi connectivity index (χ2n) is 6.41. The molecular formula is C21H19FN2O3S. The monoisotopic (exact) mass is 398 g/mol. The summed E-state index contributed by atoms with van der Waals surface area (Å²) in [6.07, 6.45) is 0. The van der Waals surface area contributed by atoms with Crippen molar-refractivity contribution in [3.05, 3.63) is 89.2 Å². The molecule has 0 fully saturated rings. The minimum Gasteiger partial charge on any atom is -0.322 e. The van der Waals surface area contributed by atoms with E-state index in [9.17, 15) is 17.6 Å². The second-order valence-corrected chi connectivity index (χ2v) is 8.10. The Balaban J connectivity index is 1.76. The number of carbonyl (C=O) groups excluding carboxylic acids is 1. The average molecular weight is 398 g/mol. The highest BCUT2D eigenvalue weighted by Gasteiger charge is 2.16. The molecule has 0 radical (unpaired) electrons. The average Bonchev–Trinajstić information content (AvgIpc) is 2.64. The Hall–Kier alpha value is -3.19. The van der Waals surface area contributed by atoms with Crippen LogP contribution in [0.4, 0.5) is 15.8 Å². The SMILES string of the molecule is Cc1ccc(NC(=O)c2ccc(S(=O)(=O)Nc3cccc(F)c3)cc2)c(C)c1. The molecule has 0 heterocycles. The molecule has 0 spiro atoms. The van der Waals surface area contributed by atoms with Crippen LogP contribution < -0.4 is 10.0 Å². The van der Waals surface area contributed by atoms with Gasteiger partial charge in [-0.25, -0.2) is 12.8 Å². The van der Waals surface area contributed by atoms with Crippen molar-refractivity contribution < 1.29 is 17.6 Å². The van der Waals surface area contributed by atoms with E-state index in [1.54, 1.807) is 0 Å². The number of benzene rings is 3. The fourth-order valence-electron chi connectivity index (χ4n) is 2.70. The van der Waals surface area contributed by atoms with Gasteiger partial charge in [-0.15, -0.1) is 0 Å². The standard InChI is InChI=1S/C21H19FN2O3S/c1-14-6-11-20(15(2)12-14)23-21(25)16-7-9-19(10-8-16)28(26,27)24-18-5-3-4-17(22)13-18/h3-13,24H,1-2H3,(H,23,25). The quantitative estimate of drug-likeness (QED) is 0.665. The van der Waals surface area contributed by atoms with Gasteiger partial charge in [-0.2, -0.15) is 0 Å². The summed E-state index contributed by atoms with van der Waals surface area (Å²) in [5.74, 6) is -0.882. The van der Waals surface area contributed by atoms with Gasteiger partial charge < -0.3 is 5.32 Å². The van der Waals surface area contributed by atoms with E-state index >= 15 is 0 Å². The first-order chi connectivity index (χ1) is 13.2. The van der Waals surface area contributed by atoms with Crippen molar-refractivity contribution in [1.29, 1.82) is 0 Å². The lowest BCUT2D eigenvalue weighted by atomic mass is 10.1. The first kappa shape index (κ1) is 19.6. The van der Waals surface area contributed by atoms with Crippen molar-refractivity contribution in [2.75, 3.05) is 10.0 Å². The van der Waals surface area contributed by atoms with Crippen LogP contribution >= 0.6 is 0 Å². The lowest BCUT2D eigenvalue weighted by Crippen LogP contribution is -2.15. The zero-order valence-electron chi connectivity index (χ0n) is 15.4. The van der Waals surface area contributed by atoms with Crippen LogP contribution in [0.3, 0.4) is 0 Å². The first-order valence-corrected chi connectivity index (χ1v) is 10.00. The highest BCUT2D eigenvalue weighted by molar-refractivity contribution is 7.92. The van der Waals surface area contributed by atoms with Gasteiger partial charge in [-0.05, 0) is 67.9 Å². The number of aryl methyl sites for hydroxylation is 2. The topological polar surface area (TPSA) is 75.3 Å². The molecule has 28 heavy (non-hydrogen) atoms. The van der Waals surface area contributed by atoms with Gasteiger partial charge in [-0.1, -0.05) is 23.8 Å². The number of hydrogen-bond donors (Lipinski definition) is 2. The molecule has 0 aliphatic rings. The summed E-state index contributed by atoms with van der Waals surface area (Å²) >= 11 is 0. The van der Waals surface area contributed by atoms with Crippen LogP contribution in [0.1, 0.15) is 21.5 Å². The first-order valence-electron chi connectivity index (χ1n) is 8.52. The smallest absolute Gasteiger partial charge is 0.261 e. The maximum atomic E-state index is 13.2. The molecule has 3 aromatic rings. The second kappa shape index (κ2) is 7.82. The van der Waals surface area contributed by atoms with E-state index in [2.05, 4.69) is 10.0 Å². The van der Waals surface area contributed by atoms with E-state index < -0.39 is 15.8 Å². The molecule has 2 N–H and O–H groups in total. The lowest BCUT2D eigenvalue weighted by molar-refractivity contribution is 0.102. The van der Waals surface area contributed by atoms with Crippen LogP contribution in [-0.4, -0.2) is 14.3 Å². The third kappa shape index (κ3) is 4.55. The normalized spacial score (nSPS) is 11.1. The predicted molar refractivity (Wildman–Crippen MR) is 108 cm³/mol. The van der Waals surface area contributed by atoms with Crippen LogP contribution in [0.5, 0.6) is 0 Å². The number of rotatable bonds is 5. The molecule has 3 aromatic carbocycles. The molecular weight excluding hydrogens is 379 g/mol. The molecule has 5 nitrogen and oxygen atoms in total. The zero-order valence-corrected chi connectivity index (χ0v) is 16.2. The number of sulfonamides is 1. The summed E-state index contributed by atoms with van der Waals surface area (Å²) in [5, 5.41) is 2.81. The molecule has 0 atom stereocenters. The third-order valence-corrected chi connectivity index (χ3v) is 5.53. The van der Waals surface area contributed by atoms with Gasteiger partial charge in [0.15, 0.2) is 0 Å². The highest BCUT2D eigenvalue weighted by Crippen LogP contribution is 2.20. The molecule has 1 amide bonds. The van der Waals surface area contributed by atoms with Gasteiger partial charge in [0.25, 0.3) is 15.9 Å². The Morgan fingerprint density at radius 1 is 0.929 bits per heavy atom. The van der Waals surface area contributed by atoms with Crippen LogP contribution in [0.25, 0.3) is 0 Å². The van der Waals surface area contributed by atoms with Gasteiger partial charge in [0.1, 0.15) is 5.82 Å². The summed E-state index contributed by atoms with van der Waals surface area (Å²) < 4.78 is 40.4. The van der Waals surface area contributed by atoms with Crippen LogP contribution in [-0.2, 0) is 10.0 Å². The van der Waals surface area contributed by atoms with Crippen LogP contribution in [0.15, 0.2) is 71.6 Å². The number of nitrogens with one attached hydrogen (secondary N) is 2. The van der Waals surface area contributed by atoms with Gasteiger partial charge in [0.2, 0.25) is 0 Å². The van der Waals surface area contributed by atoms with E-state index in [1.807, 2.05) is 32.0 Å². The summed E-state index contributed by atoms with van der Waals surface area (Å²) in [6.45, 7) is 3.87. The molecule has 7 heteroatoms. The van der Waals surface area contributed by atoms with E-state index in [0.717, 1.165) is 17.2 Å². The Bertz CT molecular complexity index is 1130. The maximum Gasteiger partial charge on any atom is 0.261 e. The minimum absolute atomic E-state index is 0.0279. The molecule has 0 saturated heterocycles. The van der Waals surface area contributed by atoms with Crippen LogP contribution in [0.2, 0.25) is 0 Å². The van der Waals surface area contributed by atoms with Crippen molar-refractivity contribution in [3.8, 4) is 0 Å².